The number of hydrogen-bond acceptors (Lipinski definition) is 2. The van der Waals surface area contributed by atoms with E-state index in [0.717, 1.165) is 23.7 Å². The largest absolute Gasteiger partial charge is 0.484 e. The van der Waals surface area contributed by atoms with Gasteiger partial charge in [0.25, 0.3) is 5.91 Å². The molecule has 0 aliphatic heterocycles. The summed E-state index contributed by atoms with van der Waals surface area (Å²) in [5.74, 6) is 0.614. The molecule has 0 unspecified atom stereocenters. The molecule has 0 aliphatic carbocycles. The number of hydrogen-bond donors (Lipinski definition) is 1. The van der Waals surface area contributed by atoms with E-state index in [1.165, 1.54) is 10.9 Å². The summed E-state index contributed by atoms with van der Waals surface area (Å²) in [5, 5.41) is 6.43. The number of aromatic nitrogens is 1. The van der Waals surface area contributed by atoms with E-state index in [1.54, 1.807) is 0 Å². The van der Waals surface area contributed by atoms with Crippen LogP contribution >= 0.6 is 0 Å². The molecule has 0 fully saturated rings. The predicted molar refractivity (Wildman–Crippen MR) is 109 cm³/mol. The van der Waals surface area contributed by atoms with Gasteiger partial charge in [0.05, 0.1) is 0 Å². The van der Waals surface area contributed by atoms with Crippen molar-refractivity contribution in [3.05, 3.63) is 79.0 Å². The minimum absolute atomic E-state index is 0.0325. The van der Waals surface area contributed by atoms with Crippen LogP contribution in [0.3, 0.4) is 0 Å². The Kier molecular flexibility index (Phi) is 5.06. The van der Waals surface area contributed by atoms with Crippen LogP contribution in [-0.2, 0) is 11.3 Å². The van der Waals surface area contributed by atoms with Gasteiger partial charge < -0.3 is 14.6 Å². The maximum atomic E-state index is 12.0. The maximum Gasteiger partial charge on any atom is 0.257 e. The van der Waals surface area contributed by atoms with Gasteiger partial charge in [-0.25, -0.2) is 0 Å². The fraction of sp³-hybridized carbons (Fsp3) is 0.174. The molecule has 0 saturated carbocycles. The highest BCUT2D eigenvalue weighted by Gasteiger charge is 2.04. The van der Waals surface area contributed by atoms with Crippen molar-refractivity contribution < 1.29 is 9.53 Å². The van der Waals surface area contributed by atoms with Gasteiger partial charge in [-0.05, 0) is 46.8 Å². The first-order chi connectivity index (χ1) is 13.3. The van der Waals surface area contributed by atoms with Gasteiger partial charge in [0.15, 0.2) is 6.61 Å². The van der Waals surface area contributed by atoms with E-state index in [4.69, 9.17) is 4.74 Å². The summed E-state index contributed by atoms with van der Waals surface area (Å²) in [6.07, 6.45) is 2.97. The van der Waals surface area contributed by atoms with Gasteiger partial charge in [0.2, 0.25) is 0 Å². The number of nitrogens with one attached hydrogen (secondary N) is 1. The summed E-state index contributed by atoms with van der Waals surface area (Å²) >= 11 is 0. The van der Waals surface area contributed by atoms with Crippen LogP contribution in [0.25, 0.3) is 21.7 Å². The summed E-state index contributed by atoms with van der Waals surface area (Å²) in [7, 11) is 0. The second-order valence-corrected chi connectivity index (χ2v) is 6.57. The third-order valence-corrected chi connectivity index (χ3v) is 4.67. The number of rotatable bonds is 7. The number of carbonyl (C=O) groups is 1. The maximum absolute atomic E-state index is 12.0. The van der Waals surface area contributed by atoms with Gasteiger partial charge >= 0.3 is 0 Å². The van der Waals surface area contributed by atoms with Crippen LogP contribution in [0.15, 0.2) is 79.0 Å². The van der Waals surface area contributed by atoms with E-state index in [1.807, 2.05) is 48.5 Å². The van der Waals surface area contributed by atoms with E-state index in [9.17, 15) is 4.79 Å². The summed E-state index contributed by atoms with van der Waals surface area (Å²) in [4.78, 5) is 12.0. The zero-order valence-corrected chi connectivity index (χ0v) is 15.1. The number of ether oxygens (including phenoxy) is 1. The first-order valence-corrected chi connectivity index (χ1v) is 9.22. The quantitative estimate of drug-likeness (QED) is 0.498. The molecule has 4 nitrogen and oxygen atoms in total. The Balaban J connectivity index is 1.22. The Morgan fingerprint density at radius 1 is 0.889 bits per heavy atom. The second kappa shape index (κ2) is 7.96. The van der Waals surface area contributed by atoms with E-state index in [2.05, 4.69) is 40.3 Å². The first-order valence-electron chi connectivity index (χ1n) is 9.22. The molecule has 0 bridgehead atoms. The molecule has 0 radical (unpaired) electrons. The van der Waals surface area contributed by atoms with Crippen LogP contribution in [0.2, 0.25) is 0 Å². The minimum Gasteiger partial charge on any atom is -0.484 e. The molecule has 136 valence electrons. The van der Waals surface area contributed by atoms with Crippen LogP contribution in [0, 0.1) is 0 Å². The van der Waals surface area contributed by atoms with Gasteiger partial charge in [0.1, 0.15) is 5.75 Å². The molecule has 4 aromatic rings. The molecule has 0 spiro atoms. The smallest absolute Gasteiger partial charge is 0.257 e. The average molecular weight is 358 g/mol. The van der Waals surface area contributed by atoms with Gasteiger partial charge in [-0.3, -0.25) is 4.79 Å². The van der Waals surface area contributed by atoms with Crippen molar-refractivity contribution >= 4 is 27.6 Å². The summed E-state index contributed by atoms with van der Waals surface area (Å²) < 4.78 is 7.83. The molecule has 1 amide bonds. The Bertz CT molecular complexity index is 1070. The molecule has 3 aromatic carbocycles. The lowest BCUT2D eigenvalue weighted by atomic mass is 10.1. The van der Waals surface area contributed by atoms with Crippen LogP contribution in [0.4, 0.5) is 0 Å². The van der Waals surface area contributed by atoms with Gasteiger partial charge in [-0.1, -0.05) is 48.5 Å². The zero-order chi connectivity index (χ0) is 18.5. The van der Waals surface area contributed by atoms with Crippen LogP contribution in [-0.4, -0.2) is 23.6 Å². The number of amides is 1. The van der Waals surface area contributed by atoms with E-state index in [-0.39, 0.29) is 12.5 Å². The standard InChI is InChI=1S/C23H22N2O2/c26-23(17-27-21-11-10-18-6-1-2-8-20(18)16-21)24-13-5-14-25-15-12-19-7-3-4-9-22(19)25/h1-4,6-12,15-16H,5,13-14,17H2,(H,24,26). The number of benzene rings is 3. The highest BCUT2D eigenvalue weighted by atomic mass is 16.5. The lowest BCUT2D eigenvalue weighted by molar-refractivity contribution is -0.123. The highest BCUT2D eigenvalue weighted by molar-refractivity contribution is 5.84. The van der Waals surface area contributed by atoms with Crippen LogP contribution < -0.4 is 10.1 Å². The third-order valence-electron chi connectivity index (χ3n) is 4.67. The fourth-order valence-electron chi connectivity index (χ4n) is 3.27. The van der Waals surface area contributed by atoms with Gasteiger partial charge in [-0.15, -0.1) is 0 Å². The number of para-hydroxylation sites is 1. The van der Waals surface area contributed by atoms with Crippen molar-refractivity contribution in [3.63, 3.8) is 0 Å². The SMILES string of the molecule is O=C(COc1ccc2ccccc2c1)NCCCn1ccc2ccccc21. The Hall–Kier alpha value is -3.27. The minimum atomic E-state index is -0.0967. The average Bonchev–Trinajstić information content (AvgIpc) is 3.13. The molecule has 1 aromatic heterocycles. The van der Waals surface area contributed by atoms with E-state index >= 15 is 0 Å². The van der Waals surface area contributed by atoms with Crippen molar-refractivity contribution in [1.82, 2.24) is 9.88 Å². The molecule has 4 heteroatoms. The van der Waals surface area contributed by atoms with E-state index in [0.29, 0.717) is 12.3 Å². The molecule has 4 rings (SSSR count). The molecule has 1 N–H and O–H groups in total. The monoisotopic (exact) mass is 358 g/mol. The molecular formula is C23H22N2O2. The Morgan fingerprint density at radius 2 is 1.67 bits per heavy atom. The first kappa shape index (κ1) is 17.2. The van der Waals surface area contributed by atoms with Gasteiger partial charge in [-0.2, -0.15) is 0 Å². The van der Waals surface area contributed by atoms with Crippen LogP contribution in [0.5, 0.6) is 5.75 Å². The third kappa shape index (κ3) is 4.11. The van der Waals surface area contributed by atoms with Crippen molar-refractivity contribution in [2.24, 2.45) is 0 Å². The number of carbonyl (C=O) groups excluding carboxylic acids is 1. The molecule has 0 saturated heterocycles. The molecule has 27 heavy (non-hydrogen) atoms. The van der Waals surface area contributed by atoms with Crippen molar-refractivity contribution in [2.75, 3.05) is 13.2 Å². The number of aryl methyl sites for hydroxylation is 1. The molecular weight excluding hydrogens is 336 g/mol. The summed E-state index contributed by atoms with van der Waals surface area (Å²) in [6, 6.07) is 24.4. The topological polar surface area (TPSA) is 43.3 Å². The Morgan fingerprint density at radius 3 is 2.56 bits per heavy atom. The zero-order valence-electron chi connectivity index (χ0n) is 15.1. The fourth-order valence-corrected chi connectivity index (χ4v) is 3.27. The second-order valence-electron chi connectivity index (χ2n) is 6.57. The molecule has 1 heterocycles. The lowest BCUT2D eigenvalue weighted by Gasteiger charge is -2.09. The summed E-state index contributed by atoms with van der Waals surface area (Å²) in [5.41, 5.74) is 1.23. The van der Waals surface area contributed by atoms with E-state index < -0.39 is 0 Å². The van der Waals surface area contributed by atoms with Crippen LogP contribution in [0.1, 0.15) is 6.42 Å². The lowest BCUT2D eigenvalue weighted by Crippen LogP contribution is -2.30. The van der Waals surface area contributed by atoms with Crippen molar-refractivity contribution in [2.45, 2.75) is 13.0 Å². The highest BCUT2D eigenvalue weighted by Crippen LogP contribution is 2.20. The summed E-state index contributed by atoms with van der Waals surface area (Å²) in [6.45, 7) is 1.54. The molecule has 0 atom stereocenters. The van der Waals surface area contributed by atoms with Crippen molar-refractivity contribution in [3.8, 4) is 5.75 Å². The predicted octanol–water partition coefficient (Wildman–Crippen LogP) is 4.38. The van der Waals surface area contributed by atoms with Crippen molar-refractivity contribution in [1.29, 1.82) is 0 Å². The number of fused-ring (bicyclic) bond motifs is 2. The molecule has 0 aliphatic rings. The Labute approximate surface area is 158 Å². The number of nitrogens with zero attached hydrogens (tertiary/aromatic N) is 1. The van der Waals surface area contributed by atoms with Gasteiger partial charge in [0, 0.05) is 24.8 Å². The normalized spacial score (nSPS) is 11.0.